The molecular weight excluding hydrogens is 404 g/mol. The van der Waals surface area contributed by atoms with E-state index < -0.39 is 0 Å². The number of hydrogen-bond acceptors (Lipinski definition) is 3. The molecule has 168 valence electrons. The van der Waals surface area contributed by atoms with Gasteiger partial charge in [0, 0.05) is 49.4 Å². The van der Waals surface area contributed by atoms with Gasteiger partial charge in [-0.05, 0) is 61.8 Å². The highest BCUT2D eigenvalue weighted by Crippen LogP contribution is 2.32. The number of hydrogen-bond donors (Lipinski definition) is 0. The van der Waals surface area contributed by atoms with Crippen LogP contribution in [0.5, 0.6) is 0 Å². The summed E-state index contributed by atoms with van der Waals surface area (Å²) in [5.41, 5.74) is 5.58. The summed E-state index contributed by atoms with van der Waals surface area (Å²) in [6, 6.07) is 17.5. The predicted octanol–water partition coefficient (Wildman–Crippen LogP) is 5.94. The molecule has 2 saturated heterocycles. The minimum atomic E-state index is 0. The molecule has 2 aliphatic rings. The van der Waals surface area contributed by atoms with Crippen molar-refractivity contribution < 1.29 is 4.79 Å². The van der Waals surface area contributed by atoms with Crippen LogP contribution in [0, 0.1) is 11.8 Å². The summed E-state index contributed by atoms with van der Waals surface area (Å²) in [5.74, 6) is 1.06. The average molecular weight is 441 g/mol. The maximum atomic E-state index is 13.2. The molecular formula is C27H37ClN2O. The number of piperidine rings is 2. The van der Waals surface area contributed by atoms with Crippen LogP contribution >= 0.6 is 12.4 Å². The zero-order valence-corrected chi connectivity index (χ0v) is 19.9. The molecule has 0 radical (unpaired) electrons. The van der Waals surface area contributed by atoms with Crippen LogP contribution in [0.2, 0.25) is 0 Å². The SMILES string of the molecule is CCc1ccccc1N1CCC(C(=O)C2CCN(c3ccccc3CC)CC2)CC1.Cl. The molecule has 0 bridgehead atoms. The fourth-order valence-electron chi connectivity index (χ4n) is 5.38. The quantitative estimate of drug-likeness (QED) is 0.555. The van der Waals surface area contributed by atoms with Crippen molar-refractivity contribution >= 4 is 29.6 Å². The smallest absolute Gasteiger partial charge is 0.139 e. The van der Waals surface area contributed by atoms with Crippen molar-refractivity contribution in [1.82, 2.24) is 0 Å². The Morgan fingerprint density at radius 2 is 1.06 bits per heavy atom. The fraction of sp³-hybridized carbons (Fsp3) is 0.519. The van der Waals surface area contributed by atoms with Gasteiger partial charge in [-0.25, -0.2) is 0 Å². The molecule has 2 aromatic rings. The standard InChI is InChI=1S/C27H36N2O.ClH/c1-3-21-9-5-7-11-25(21)28-17-13-23(14-18-28)27(30)24-15-19-29(20-16-24)26-12-8-6-10-22(26)4-2;/h5-12,23-24H,3-4,13-20H2,1-2H3;1H. The third kappa shape index (κ3) is 5.26. The third-order valence-corrected chi connectivity index (χ3v) is 7.22. The van der Waals surface area contributed by atoms with Gasteiger partial charge in [-0.1, -0.05) is 50.2 Å². The zero-order valence-electron chi connectivity index (χ0n) is 19.1. The number of benzene rings is 2. The maximum Gasteiger partial charge on any atom is 0.139 e. The second-order valence-electron chi connectivity index (χ2n) is 8.89. The molecule has 2 aromatic carbocycles. The number of ketones is 1. The number of anilines is 2. The highest BCUT2D eigenvalue weighted by Gasteiger charge is 2.33. The van der Waals surface area contributed by atoms with E-state index in [2.05, 4.69) is 72.2 Å². The summed E-state index contributed by atoms with van der Waals surface area (Å²) >= 11 is 0. The summed E-state index contributed by atoms with van der Waals surface area (Å²) in [5, 5.41) is 0. The second-order valence-corrected chi connectivity index (χ2v) is 8.89. The van der Waals surface area contributed by atoms with Gasteiger partial charge in [0.25, 0.3) is 0 Å². The van der Waals surface area contributed by atoms with E-state index in [1.54, 1.807) is 0 Å². The van der Waals surface area contributed by atoms with Crippen molar-refractivity contribution in [1.29, 1.82) is 0 Å². The first-order valence-corrected chi connectivity index (χ1v) is 11.9. The number of carbonyl (C=O) groups excluding carboxylic acids is 1. The van der Waals surface area contributed by atoms with Crippen LogP contribution in [0.15, 0.2) is 48.5 Å². The van der Waals surface area contributed by atoms with E-state index in [0.717, 1.165) is 64.7 Å². The van der Waals surface area contributed by atoms with Gasteiger partial charge in [0.2, 0.25) is 0 Å². The van der Waals surface area contributed by atoms with Crippen molar-refractivity contribution in [2.75, 3.05) is 36.0 Å². The van der Waals surface area contributed by atoms with Crippen LogP contribution in [0.25, 0.3) is 0 Å². The van der Waals surface area contributed by atoms with Crippen molar-refractivity contribution in [3.05, 3.63) is 59.7 Å². The maximum absolute atomic E-state index is 13.2. The van der Waals surface area contributed by atoms with Gasteiger partial charge in [0.05, 0.1) is 0 Å². The van der Waals surface area contributed by atoms with E-state index in [-0.39, 0.29) is 24.2 Å². The van der Waals surface area contributed by atoms with Crippen LogP contribution in [0.4, 0.5) is 11.4 Å². The minimum Gasteiger partial charge on any atom is -0.371 e. The molecule has 0 saturated carbocycles. The number of para-hydroxylation sites is 2. The normalized spacial score (nSPS) is 18.0. The van der Waals surface area contributed by atoms with Gasteiger partial charge in [-0.2, -0.15) is 0 Å². The predicted molar refractivity (Wildman–Crippen MR) is 134 cm³/mol. The molecule has 31 heavy (non-hydrogen) atoms. The lowest BCUT2D eigenvalue weighted by Crippen LogP contribution is -2.42. The molecule has 4 rings (SSSR count). The largest absolute Gasteiger partial charge is 0.371 e. The number of rotatable bonds is 6. The summed E-state index contributed by atoms with van der Waals surface area (Å²) in [4.78, 5) is 18.2. The summed E-state index contributed by atoms with van der Waals surface area (Å²) in [6.45, 7) is 8.49. The first kappa shape index (κ1) is 23.7. The molecule has 2 fully saturated rings. The Morgan fingerprint density at radius 3 is 1.42 bits per heavy atom. The Morgan fingerprint density at radius 1 is 0.710 bits per heavy atom. The Balaban J connectivity index is 0.00000272. The van der Waals surface area contributed by atoms with Crippen molar-refractivity contribution in [2.24, 2.45) is 11.8 Å². The van der Waals surface area contributed by atoms with Gasteiger partial charge in [-0.3, -0.25) is 4.79 Å². The molecule has 0 amide bonds. The number of Topliss-reactive ketones (excluding diaryl/α,β-unsaturated/α-hetero) is 1. The minimum absolute atomic E-state index is 0. The van der Waals surface area contributed by atoms with Gasteiger partial charge in [-0.15, -0.1) is 12.4 Å². The molecule has 0 unspecified atom stereocenters. The monoisotopic (exact) mass is 440 g/mol. The molecule has 0 aliphatic carbocycles. The Bertz CT molecular complexity index is 782. The van der Waals surface area contributed by atoms with Gasteiger partial charge in [0.1, 0.15) is 5.78 Å². The van der Waals surface area contributed by atoms with Gasteiger partial charge < -0.3 is 9.80 Å². The van der Waals surface area contributed by atoms with Crippen molar-refractivity contribution in [3.63, 3.8) is 0 Å². The highest BCUT2D eigenvalue weighted by atomic mass is 35.5. The summed E-state index contributed by atoms with van der Waals surface area (Å²) in [6.07, 6.45) is 6.17. The first-order chi connectivity index (χ1) is 14.7. The van der Waals surface area contributed by atoms with Crippen LogP contribution in [-0.2, 0) is 17.6 Å². The van der Waals surface area contributed by atoms with Crippen LogP contribution in [0.3, 0.4) is 0 Å². The lowest BCUT2D eigenvalue weighted by atomic mass is 9.81. The van der Waals surface area contributed by atoms with Gasteiger partial charge in [0.15, 0.2) is 0 Å². The number of aryl methyl sites for hydroxylation is 2. The van der Waals surface area contributed by atoms with E-state index in [0.29, 0.717) is 5.78 Å². The van der Waals surface area contributed by atoms with Crippen LogP contribution < -0.4 is 9.80 Å². The van der Waals surface area contributed by atoms with Crippen LogP contribution in [0.1, 0.15) is 50.7 Å². The second kappa shape index (κ2) is 11.0. The molecule has 0 spiro atoms. The molecule has 2 heterocycles. The van der Waals surface area contributed by atoms with E-state index >= 15 is 0 Å². The average Bonchev–Trinajstić information content (AvgIpc) is 2.83. The first-order valence-electron chi connectivity index (χ1n) is 11.9. The molecule has 4 heteroatoms. The number of nitrogens with zero attached hydrogens (tertiary/aromatic N) is 2. The number of halogens is 1. The molecule has 0 aromatic heterocycles. The Labute approximate surface area is 194 Å². The van der Waals surface area contributed by atoms with Gasteiger partial charge >= 0.3 is 0 Å². The fourth-order valence-corrected chi connectivity index (χ4v) is 5.38. The summed E-state index contributed by atoms with van der Waals surface area (Å²) < 4.78 is 0. The molecule has 0 atom stereocenters. The summed E-state index contributed by atoms with van der Waals surface area (Å²) in [7, 11) is 0. The Hall–Kier alpha value is -2.00. The van der Waals surface area contributed by atoms with E-state index in [1.807, 2.05) is 0 Å². The lowest BCUT2D eigenvalue weighted by Gasteiger charge is -2.38. The van der Waals surface area contributed by atoms with E-state index in [4.69, 9.17) is 0 Å². The molecule has 0 N–H and O–H groups in total. The van der Waals surface area contributed by atoms with E-state index in [9.17, 15) is 4.79 Å². The molecule has 3 nitrogen and oxygen atoms in total. The van der Waals surface area contributed by atoms with Crippen molar-refractivity contribution in [3.8, 4) is 0 Å². The molecule has 2 aliphatic heterocycles. The van der Waals surface area contributed by atoms with Crippen molar-refractivity contribution in [2.45, 2.75) is 52.4 Å². The Kier molecular flexibility index (Phi) is 8.43. The third-order valence-electron chi connectivity index (χ3n) is 7.22. The van der Waals surface area contributed by atoms with Crippen LogP contribution in [-0.4, -0.2) is 32.0 Å². The highest BCUT2D eigenvalue weighted by molar-refractivity contribution is 5.85. The van der Waals surface area contributed by atoms with E-state index in [1.165, 1.54) is 22.5 Å². The topological polar surface area (TPSA) is 23.6 Å². The lowest BCUT2D eigenvalue weighted by molar-refractivity contribution is -0.128. The number of carbonyl (C=O) groups is 1. The zero-order chi connectivity index (χ0) is 20.9.